The van der Waals surface area contributed by atoms with Gasteiger partial charge in [-0.25, -0.2) is 9.59 Å². The summed E-state index contributed by atoms with van der Waals surface area (Å²) in [5, 5.41) is 5.73. The molecular weight excluding hydrogens is 296 g/mol. The molecule has 0 aromatic heterocycles. The molecule has 0 saturated heterocycles. The van der Waals surface area contributed by atoms with Crippen molar-refractivity contribution in [2.24, 2.45) is 0 Å². The van der Waals surface area contributed by atoms with Crippen molar-refractivity contribution >= 4 is 12.1 Å². The number of esters is 1. The maximum Gasteiger partial charge on any atom is 0.407 e. The zero-order valence-corrected chi connectivity index (χ0v) is 13.8. The number of ether oxygens (including phenoxy) is 2. The molecule has 2 N–H and O–H groups in total. The summed E-state index contributed by atoms with van der Waals surface area (Å²) in [6.07, 6.45) is 0.384. The smallest absolute Gasteiger partial charge is 0.407 e. The van der Waals surface area contributed by atoms with Crippen LogP contribution in [0.25, 0.3) is 0 Å². The summed E-state index contributed by atoms with van der Waals surface area (Å²) in [6.45, 7) is 6.44. The molecule has 23 heavy (non-hydrogen) atoms. The van der Waals surface area contributed by atoms with Gasteiger partial charge < -0.3 is 20.1 Å². The van der Waals surface area contributed by atoms with Gasteiger partial charge in [-0.05, 0) is 38.3 Å². The SMILES string of the molecule is CC(C)(C)OC(=O)NCCOC(=O)C1NCCc2ccccc21. The molecule has 0 bridgehead atoms. The van der Waals surface area contributed by atoms with Gasteiger partial charge in [0.05, 0.1) is 6.54 Å². The van der Waals surface area contributed by atoms with Crippen LogP contribution in [-0.4, -0.2) is 37.4 Å². The average Bonchev–Trinajstić information content (AvgIpc) is 2.49. The summed E-state index contributed by atoms with van der Waals surface area (Å²) >= 11 is 0. The van der Waals surface area contributed by atoms with Crippen LogP contribution in [0.2, 0.25) is 0 Å². The molecule has 6 nitrogen and oxygen atoms in total. The fourth-order valence-corrected chi connectivity index (χ4v) is 2.42. The van der Waals surface area contributed by atoms with Crippen molar-refractivity contribution in [3.8, 4) is 0 Å². The van der Waals surface area contributed by atoms with E-state index in [0.717, 1.165) is 18.5 Å². The minimum absolute atomic E-state index is 0.110. The van der Waals surface area contributed by atoms with Crippen LogP contribution >= 0.6 is 0 Å². The molecule has 1 heterocycles. The molecule has 0 radical (unpaired) electrons. The maximum absolute atomic E-state index is 12.2. The topological polar surface area (TPSA) is 76.7 Å². The molecule has 126 valence electrons. The highest BCUT2D eigenvalue weighted by Gasteiger charge is 2.26. The molecule has 1 aliphatic heterocycles. The zero-order chi connectivity index (χ0) is 16.9. The Kier molecular flexibility index (Phi) is 5.60. The van der Waals surface area contributed by atoms with Gasteiger partial charge in [0.2, 0.25) is 0 Å². The molecule has 0 fully saturated rings. The Hall–Kier alpha value is -2.08. The molecule has 1 aromatic rings. The standard InChI is InChI=1S/C17H24N2O4/c1-17(2,3)23-16(21)19-10-11-22-15(20)14-13-7-5-4-6-12(13)8-9-18-14/h4-7,14,18H,8-11H2,1-3H3,(H,19,21). The van der Waals surface area contributed by atoms with Gasteiger partial charge in [-0.3, -0.25) is 0 Å². The van der Waals surface area contributed by atoms with Crippen LogP contribution in [0, 0.1) is 0 Å². The van der Waals surface area contributed by atoms with Crippen molar-refractivity contribution in [1.29, 1.82) is 0 Å². The summed E-state index contributed by atoms with van der Waals surface area (Å²) in [5.41, 5.74) is 1.58. The normalized spacial score (nSPS) is 17.1. The Morgan fingerprint density at radius 1 is 1.30 bits per heavy atom. The summed E-state index contributed by atoms with van der Waals surface area (Å²) in [5.74, 6) is -0.330. The van der Waals surface area contributed by atoms with E-state index in [1.165, 1.54) is 5.56 Å². The number of rotatable bonds is 4. The highest BCUT2D eigenvalue weighted by molar-refractivity contribution is 5.78. The maximum atomic E-state index is 12.2. The van der Waals surface area contributed by atoms with Gasteiger partial charge in [-0.1, -0.05) is 24.3 Å². The van der Waals surface area contributed by atoms with Gasteiger partial charge in [0, 0.05) is 6.54 Å². The molecule has 1 amide bonds. The van der Waals surface area contributed by atoms with Crippen molar-refractivity contribution in [2.75, 3.05) is 19.7 Å². The second kappa shape index (κ2) is 7.46. The second-order valence-corrected chi connectivity index (χ2v) is 6.43. The van der Waals surface area contributed by atoms with Gasteiger partial charge in [0.1, 0.15) is 18.2 Å². The number of carbonyl (C=O) groups excluding carboxylic acids is 2. The number of benzene rings is 1. The number of nitrogens with one attached hydrogen (secondary N) is 2. The number of hydrogen-bond acceptors (Lipinski definition) is 5. The minimum Gasteiger partial charge on any atom is -0.462 e. The number of alkyl carbamates (subject to hydrolysis) is 1. The third-order valence-corrected chi connectivity index (χ3v) is 3.36. The van der Waals surface area contributed by atoms with E-state index in [1.54, 1.807) is 20.8 Å². The van der Waals surface area contributed by atoms with E-state index in [2.05, 4.69) is 10.6 Å². The fraction of sp³-hybridized carbons (Fsp3) is 0.529. The fourth-order valence-electron chi connectivity index (χ4n) is 2.42. The minimum atomic E-state index is -0.545. The Morgan fingerprint density at radius 3 is 2.78 bits per heavy atom. The third kappa shape index (κ3) is 5.25. The molecule has 1 aromatic carbocycles. The van der Waals surface area contributed by atoms with Crippen LogP contribution in [-0.2, 0) is 20.7 Å². The molecule has 2 rings (SSSR count). The first-order valence-electron chi connectivity index (χ1n) is 7.81. The van der Waals surface area contributed by atoms with Gasteiger partial charge >= 0.3 is 12.1 Å². The monoisotopic (exact) mass is 320 g/mol. The molecule has 0 saturated carbocycles. The van der Waals surface area contributed by atoms with E-state index in [-0.39, 0.29) is 19.1 Å². The van der Waals surface area contributed by atoms with Gasteiger partial charge in [-0.15, -0.1) is 0 Å². The molecule has 1 aliphatic rings. The summed E-state index contributed by atoms with van der Waals surface area (Å²) < 4.78 is 10.4. The van der Waals surface area contributed by atoms with Crippen LogP contribution in [0.4, 0.5) is 4.79 Å². The predicted molar refractivity (Wildman–Crippen MR) is 86.1 cm³/mol. The second-order valence-electron chi connectivity index (χ2n) is 6.43. The van der Waals surface area contributed by atoms with Gasteiger partial charge in [0.15, 0.2) is 0 Å². The van der Waals surface area contributed by atoms with Crippen LogP contribution < -0.4 is 10.6 Å². The zero-order valence-electron chi connectivity index (χ0n) is 13.8. The first kappa shape index (κ1) is 17.3. The third-order valence-electron chi connectivity index (χ3n) is 3.36. The lowest BCUT2D eigenvalue weighted by atomic mass is 9.94. The van der Waals surface area contributed by atoms with E-state index < -0.39 is 17.7 Å². The summed E-state index contributed by atoms with van der Waals surface area (Å²) in [6, 6.07) is 7.40. The van der Waals surface area contributed by atoms with E-state index in [1.807, 2.05) is 24.3 Å². The molecular formula is C17H24N2O4. The van der Waals surface area contributed by atoms with Crippen molar-refractivity contribution in [3.63, 3.8) is 0 Å². The predicted octanol–water partition coefficient (Wildman–Crippen LogP) is 1.94. The van der Waals surface area contributed by atoms with Crippen LogP contribution in [0.1, 0.15) is 37.9 Å². The van der Waals surface area contributed by atoms with E-state index >= 15 is 0 Å². The van der Waals surface area contributed by atoms with Crippen molar-refractivity contribution in [3.05, 3.63) is 35.4 Å². The molecule has 0 spiro atoms. The Morgan fingerprint density at radius 2 is 2.04 bits per heavy atom. The number of fused-ring (bicyclic) bond motifs is 1. The van der Waals surface area contributed by atoms with Crippen LogP contribution in [0.15, 0.2) is 24.3 Å². The first-order valence-corrected chi connectivity index (χ1v) is 7.81. The molecule has 1 atom stereocenters. The Labute approximate surface area is 136 Å². The van der Waals surface area contributed by atoms with Gasteiger partial charge in [-0.2, -0.15) is 0 Å². The van der Waals surface area contributed by atoms with Crippen LogP contribution in [0.3, 0.4) is 0 Å². The number of carbonyl (C=O) groups is 2. The lowest BCUT2D eigenvalue weighted by molar-refractivity contribution is -0.146. The highest BCUT2D eigenvalue weighted by Crippen LogP contribution is 2.23. The molecule has 6 heteroatoms. The van der Waals surface area contributed by atoms with Crippen molar-refractivity contribution < 1.29 is 19.1 Å². The first-order chi connectivity index (χ1) is 10.9. The largest absolute Gasteiger partial charge is 0.462 e. The molecule has 1 unspecified atom stereocenters. The van der Waals surface area contributed by atoms with Crippen LogP contribution in [0.5, 0.6) is 0 Å². The lowest BCUT2D eigenvalue weighted by Crippen LogP contribution is -2.38. The highest BCUT2D eigenvalue weighted by atomic mass is 16.6. The van der Waals surface area contributed by atoms with Crippen molar-refractivity contribution in [2.45, 2.75) is 38.8 Å². The molecule has 0 aliphatic carbocycles. The van der Waals surface area contributed by atoms with E-state index in [9.17, 15) is 9.59 Å². The summed E-state index contributed by atoms with van der Waals surface area (Å²) in [4.78, 5) is 23.7. The Balaban J connectivity index is 1.77. The van der Waals surface area contributed by atoms with Gasteiger partial charge in [0.25, 0.3) is 0 Å². The Bertz CT molecular complexity index is 566. The van der Waals surface area contributed by atoms with E-state index in [0.29, 0.717) is 0 Å². The lowest BCUT2D eigenvalue weighted by Gasteiger charge is -2.25. The average molecular weight is 320 g/mol. The van der Waals surface area contributed by atoms with E-state index in [4.69, 9.17) is 9.47 Å². The quantitative estimate of drug-likeness (QED) is 0.655. The summed E-state index contributed by atoms with van der Waals surface area (Å²) in [7, 11) is 0. The number of hydrogen-bond donors (Lipinski definition) is 2. The van der Waals surface area contributed by atoms with Crippen molar-refractivity contribution in [1.82, 2.24) is 10.6 Å². The number of amides is 1.